The molecule has 0 heterocycles. The van der Waals surface area contributed by atoms with E-state index < -0.39 is 24.0 Å². The molecule has 0 aromatic heterocycles. The second-order valence-corrected chi connectivity index (χ2v) is 6.43. The highest BCUT2D eigenvalue weighted by molar-refractivity contribution is 9.10. The summed E-state index contributed by atoms with van der Waals surface area (Å²) in [5.74, 6) is -2.43. The first kappa shape index (κ1) is 19.2. The number of rotatable bonds is 6. The van der Waals surface area contributed by atoms with Crippen molar-refractivity contribution in [2.45, 2.75) is 26.4 Å². The SMILES string of the molecule is CC(C)c1cc(C(=O)C(=O)c2ccc(F)c(Br)c2)ccc1OC(F)F. The molecule has 0 atom stereocenters. The number of ketones is 2. The maximum atomic E-state index is 13.3. The van der Waals surface area contributed by atoms with Crippen molar-refractivity contribution in [2.24, 2.45) is 0 Å². The summed E-state index contributed by atoms with van der Waals surface area (Å²) >= 11 is 2.96. The number of ether oxygens (including phenoxy) is 1. The van der Waals surface area contributed by atoms with Gasteiger partial charge in [-0.15, -0.1) is 0 Å². The van der Waals surface area contributed by atoms with Crippen LogP contribution in [0, 0.1) is 5.82 Å². The van der Waals surface area contributed by atoms with E-state index in [1.807, 2.05) is 0 Å². The minimum atomic E-state index is -2.99. The third kappa shape index (κ3) is 4.48. The van der Waals surface area contributed by atoms with Gasteiger partial charge in [-0.05, 0) is 63.8 Å². The van der Waals surface area contributed by atoms with Crippen molar-refractivity contribution < 1.29 is 27.5 Å². The van der Waals surface area contributed by atoms with Crippen LogP contribution in [0.1, 0.15) is 46.0 Å². The Bertz CT molecular complexity index is 819. The highest BCUT2D eigenvalue weighted by atomic mass is 79.9. The number of benzene rings is 2. The first-order valence-corrected chi connectivity index (χ1v) is 8.12. The van der Waals surface area contributed by atoms with Gasteiger partial charge in [0.05, 0.1) is 4.47 Å². The Morgan fingerprint density at radius 3 is 2.08 bits per heavy atom. The summed E-state index contributed by atoms with van der Waals surface area (Å²) < 4.78 is 42.7. The van der Waals surface area contributed by atoms with Crippen molar-refractivity contribution in [1.29, 1.82) is 0 Å². The first-order chi connectivity index (χ1) is 11.7. The Kier molecular flexibility index (Phi) is 6.00. The Morgan fingerprint density at radius 1 is 1.00 bits per heavy atom. The normalized spacial score (nSPS) is 11.0. The molecule has 3 nitrogen and oxygen atoms in total. The predicted octanol–water partition coefficient (Wildman–Crippen LogP) is 5.38. The Balaban J connectivity index is 2.36. The lowest BCUT2D eigenvalue weighted by Gasteiger charge is -2.14. The average molecular weight is 415 g/mol. The van der Waals surface area contributed by atoms with Gasteiger partial charge in [0.15, 0.2) is 0 Å². The van der Waals surface area contributed by atoms with Crippen LogP contribution in [0.4, 0.5) is 13.2 Å². The fourth-order valence-electron chi connectivity index (χ4n) is 2.24. The lowest BCUT2D eigenvalue weighted by molar-refractivity contribution is -0.0505. The molecule has 0 fully saturated rings. The summed E-state index contributed by atoms with van der Waals surface area (Å²) in [6, 6.07) is 7.35. The lowest BCUT2D eigenvalue weighted by atomic mass is 9.95. The highest BCUT2D eigenvalue weighted by Gasteiger charge is 2.22. The molecular weight excluding hydrogens is 401 g/mol. The van der Waals surface area contributed by atoms with Crippen LogP contribution in [0.15, 0.2) is 40.9 Å². The summed E-state index contributed by atoms with van der Waals surface area (Å²) in [4.78, 5) is 24.7. The monoisotopic (exact) mass is 414 g/mol. The number of hydrogen-bond acceptors (Lipinski definition) is 3. The van der Waals surface area contributed by atoms with Crippen molar-refractivity contribution in [2.75, 3.05) is 0 Å². The number of carbonyl (C=O) groups is 2. The molecule has 2 aromatic rings. The molecule has 7 heteroatoms. The minimum absolute atomic E-state index is 0.0253. The van der Waals surface area contributed by atoms with Crippen molar-refractivity contribution in [3.63, 3.8) is 0 Å². The zero-order valence-corrected chi connectivity index (χ0v) is 14.9. The third-order valence-electron chi connectivity index (χ3n) is 3.50. The summed E-state index contributed by atoms with van der Waals surface area (Å²) in [5.41, 5.74) is 0.465. The molecule has 0 radical (unpaired) electrons. The van der Waals surface area contributed by atoms with Crippen molar-refractivity contribution >= 4 is 27.5 Å². The van der Waals surface area contributed by atoms with E-state index in [4.69, 9.17) is 0 Å². The topological polar surface area (TPSA) is 43.4 Å². The van der Waals surface area contributed by atoms with Gasteiger partial charge in [-0.2, -0.15) is 8.78 Å². The van der Waals surface area contributed by atoms with Gasteiger partial charge in [0.2, 0.25) is 11.6 Å². The fraction of sp³-hybridized carbons (Fsp3) is 0.222. The zero-order chi connectivity index (χ0) is 18.7. The van der Waals surface area contributed by atoms with Gasteiger partial charge < -0.3 is 4.74 Å². The number of hydrogen-bond donors (Lipinski definition) is 0. The second-order valence-electron chi connectivity index (χ2n) is 5.57. The Labute approximate surface area is 150 Å². The maximum Gasteiger partial charge on any atom is 0.387 e. The molecule has 0 amide bonds. The summed E-state index contributed by atoms with van der Waals surface area (Å²) in [5, 5.41) is 0. The van der Waals surface area contributed by atoms with Crippen molar-refractivity contribution in [3.05, 3.63) is 63.4 Å². The number of alkyl halides is 2. The Hall–Kier alpha value is -2.15. The van der Waals surface area contributed by atoms with E-state index in [-0.39, 0.29) is 27.3 Å². The number of carbonyl (C=O) groups excluding carboxylic acids is 2. The van der Waals surface area contributed by atoms with Crippen LogP contribution in [0.2, 0.25) is 0 Å². The fourth-order valence-corrected chi connectivity index (χ4v) is 2.62. The molecule has 0 unspecified atom stereocenters. The van der Waals surface area contributed by atoms with Crippen LogP contribution in [0.25, 0.3) is 0 Å². The van der Waals surface area contributed by atoms with Gasteiger partial charge in [-0.1, -0.05) is 13.8 Å². The van der Waals surface area contributed by atoms with Gasteiger partial charge in [0.1, 0.15) is 11.6 Å². The molecule has 0 saturated carbocycles. The summed E-state index contributed by atoms with van der Waals surface area (Å²) in [6.07, 6.45) is 0. The van der Waals surface area contributed by atoms with E-state index in [9.17, 15) is 22.8 Å². The molecule has 0 bridgehead atoms. The largest absolute Gasteiger partial charge is 0.435 e. The first-order valence-electron chi connectivity index (χ1n) is 7.33. The van der Waals surface area contributed by atoms with Crippen LogP contribution in [0.5, 0.6) is 5.75 Å². The van der Waals surface area contributed by atoms with Crippen LogP contribution >= 0.6 is 15.9 Å². The molecule has 0 aliphatic carbocycles. The van der Waals surface area contributed by atoms with Crippen molar-refractivity contribution in [1.82, 2.24) is 0 Å². The van der Waals surface area contributed by atoms with E-state index in [1.54, 1.807) is 13.8 Å². The summed E-state index contributed by atoms with van der Waals surface area (Å²) in [6.45, 7) is 0.513. The van der Waals surface area contributed by atoms with Gasteiger partial charge in [0, 0.05) is 11.1 Å². The average Bonchev–Trinajstić information content (AvgIpc) is 2.55. The van der Waals surface area contributed by atoms with Crippen molar-refractivity contribution in [3.8, 4) is 5.75 Å². The van der Waals surface area contributed by atoms with E-state index in [1.165, 1.54) is 30.3 Å². The van der Waals surface area contributed by atoms with Gasteiger partial charge in [-0.25, -0.2) is 4.39 Å². The molecule has 132 valence electrons. The predicted molar refractivity (Wildman–Crippen MR) is 89.9 cm³/mol. The molecule has 0 saturated heterocycles. The molecule has 2 aromatic carbocycles. The van der Waals surface area contributed by atoms with Gasteiger partial charge in [-0.3, -0.25) is 9.59 Å². The van der Waals surface area contributed by atoms with E-state index in [0.717, 1.165) is 6.07 Å². The van der Waals surface area contributed by atoms with Crippen LogP contribution in [0.3, 0.4) is 0 Å². The molecule has 25 heavy (non-hydrogen) atoms. The lowest BCUT2D eigenvalue weighted by Crippen LogP contribution is -2.15. The highest BCUT2D eigenvalue weighted by Crippen LogP contribution is 2.29. The van der Waals surface area contributed by atoms with Crippen LogP contribution in [-0.2, 0) is 0 Å². The Morgan fingerprint density at radius 2 is 1.56 bits per heavy atom. The quantitative estimate of drug-likeness (QED) is 0.470. The standard InChI is InChI=1S/C18H14BrF3O3/c1-9(2)12-7-10(4-6-15(12)25-18(21)22)16(23)17(24)11-3-5-14(20)13(19)8-11/h3-9,18H,1-2H3. The molecule has 2 rings (SSSR count). The molecule has 0 spiro atoms. The zero-order valence-electron chi connectivity index (χ0n) is 13.4. The van der Waals surface area contributed by atoms with Gasteiger partial charge in [0.25, 0.3) is 0 Å². The number of Topliss-reactive ketones (excluding diaryl/α,β-unsaturated/α-hetero) is 2. The van der Waals surface area contributed by atoms with E-state index in [0.29, 0.717) is 5.56 Å². The molecule has 0 aliphatic rings. The van der Waals surface area contributed by atoms with E-state index >= 15 is 0 Å². The summed E-state index contributed by atoms with van der Waals surface area (Å²) in [7, 11) is 0. The molecular formula is C18H14BrF3O3. The number of halogens is 4. The van der Waals surface area contributed by atoms with Crippen LogP contribution < -0.4 is 4.74 Å². The van der Waals surface area contributed by atoms with Gasteiger partial charge >= 0.3 is 6.61 Å². The maximum absolute atomic E-state index is 13.3. The second kappa shape index (κ2) is 7.82. The van der Waals surface area contributed by atoms with Crippen LogP contribution in [-0.4, -0.2) is 18.2 Å². The molecule has 0 aliphatic heterocycles. The molecule has 0 N–H and O–H groups in total. The third-order valence-corrected chi connectivity index (χ3v) is 4.11. The smallest absolute Gasteiger partial charge is 0.387 e. The van der Waals surface area contributed by atoms with E-state index in [2.05, 4.69) is 20.7 Å². The minimum Gasteiger partial charge on any atom is -0.435 e.